The van der Waals surface area contributed by atoms with E-state index in [9.17, 15) is 9.70 Å². The summed E-state index contributed by atoms with van der Waals surface area (Å²) in [6, 6.07) is 27.2. The van der Waals surface area contributed by atoms with Gasteiger partial charge >= 0.3 is 0 Å². The van der Waals surface area contributed by atoms with Crippen molar-refractivity contribution in [1.29, 1.82) is 0 Å². The van der Waals surface area contributed by atoms with Gasteiger partial charge < -0.3 is 5.32 Å². The van der Waals surface area contributed by atoms with Gasteiger partial charge in [-0.15, -0.1) is 4.91 Å². The van der Waals surface area contributed by atoms with Crippen LogP contribution in [0.25, 0.3) is 11.6 Å². The van der Waals surface area contributed by atoms with Crippen molar-refractivity contribution in [3.05, 3.63) is 107 Å². The van der Waals surface area contributed by atoms with E-state index in [1.54, 1.807) is 24.3 Å². The average molecular weight is 357 g/mol. The van der Waals surface area contributed by atoms with Crippen molar-refractivity contribution < 1.29 is 4.79 Å². The molecule has 0 saturated heterocycles. The van der Waals surface area contributed by atoms with Crippen LogP contribution < -0.4 is 10.7 Å². The van der Waals surface area contributed by atoms with Crippen molar-refractivity contribution in [2.24, 2.45) is 5.29 Å². The molecule has 1 amide bonds. The number of rotatable bonds is 7. The van der Waals surface area contributed by atoms with Crippen LogP contribution in [-0.2, 0) is 0 Å². The van der Waals surface area contributed by atoms with Gasteiger partial charge in [-0.3, -0.25) is 4.79 Å². The molecule has 27 heavy (non-hydrogen) atoms. The Kier molecular flexibility index (Phi) is 6.09. The molecule has 0 bridgehead atoms. The maximum Gasteiger partial charge on any atom is 0.273 e. The highest BCUT2D eigenvalue weighted by atomic mass is 16.3. The highest BCUT2D eigenvalue weighted by Gasteiger charge is 2.06. The normalized spacial score (nSPS) is 10.9. The van der Waals surface area contributed by atoms with E-state index in [2.05, 4.69) is 40.9 Å². The molecule has 5 heteroatoms. The molecule has 0 aliphatic rings. The molecule has 0 aliphatic carbocycles. The van der Waals surface area contributed by atoms with Gasteiger partial charge in [-0.2, -0.15) is 0 Å². The minimum absolute atomic E-state index is 0.378. The average Bonchev–Trinajstić information content (AvgIpc) is 2.73. The quantitative estimate of drug-likeness (QED) is 0.364. The largest absolute Gasteiger partial charge is 0.381 e. The molecule has 0 heterocycles. The number of carbonyl (C=O) groups excluding carboxylic acids is 1. The first-order valence-electron chi connectivity index (χ1n) is 8.54. The van der Waals surface area contributed by atoms with Crippen LogP contribution in [0.3, 0.4) is 0 Å². The fourth-order valence-electron chi connectivity index (χ4n) is 2.68. The van der Waals surface area contributed by atoms with Crippen LogP contribution in [0.15, 0.2) is 90.2 Å². The zero-order chi connectivity index (χ0) is 18.9. The first-order valence-corrected chi connectivity index (χ1v) is 8.54. The fraction of sp³-hybridized carbons (Fsp3) is 0.0455. The molecular formula is C22H19N3O2. The summed E-state index contributed by atoms with van der Waals surface area (Å²) in [6.07, 6.45) is 2.15. The van der Waals surface area contributed by atoms with E-state index in [0.29, 0.717) is 12.1 Å². The Morgan fingerprint density at radius 2 is 1.44 bits per heavy atom. The summed E-state index contributed by atoms with van der Waals surface area (Å²) in [5.74, 6) is -0.523. The Balaban J connectivity index is 1.76. The zero-order valence-corrected chi connectivity index (χ0v) is 14.6. The zero-order valence-electron chi connectivity index (χ0n) is 14.6. The van der Waals surface area contributed by atoms with Crippen LogP contribution in [0.1, 0.15) is 21.5 Å². The van der Waals surface area contributed by atoms with Gasteiger partial charge in [-0.1, -0.05) is 60.7 Å². The molecule has 0 atom stereocenters. The first-order chi connectivity index (χ1) is 13.3. The maximum absolute atomic E-state index is 11.6. The number of nitroso groups, excluding NO2 is 1. The molecule has 0 fully saturated rings. The van der Waals surface area contributed by atoms with Gasteiger partial charge in [-0.05, 0) is 47.0 Å². The second-order valence-corrected chi connectivity index (χ2v) is 5.91. The topological polar surface area (TPSA) is 70.6 Å². The van der Waals surface area contributed by atoms with E-state index >= 15 is 0 Å². The molecular weight excluding hydrogens is 338 g/mol. The van der Waals surface area contributed by atoms with E-state index in [1.165, 1.54) is 0 Å². The van der Waals surface area contributed by atoms with Gasteiger partial charge in [0.05, 0.1) is 5.29 Å². The van der Waals surface area contributed by atoms with Crippen molar-refractivity contribution >= 4 is 23.2 Å². The van der Waals surface area contributed by atoms with Gasteiger partial charge in [0.2, 0.25) is 0 Å². The smallest absolute Gasteiger partial charge is 0.273 e. The molecule has 3 rings (SSSR count). The van der Waals surface area contributed by atoms with Crippen LogP contribution in [0, 0.1) is 4.91 Å². The third kappa shape index (κ3) is 5.12. The standard InChI is InChI=1S/C22H19N3O2/c26-22(24-25-27)19-11-13-21(14-12-19)23-16-20(18-9-5-2-6-10-18)15-17-7-3-1-4-8-17/h1-15,23H,16H2,(H,24,26,27)/b20-15-. The maximum atomic E-state index is 11.6. The summed E-state index contributed by atoms with van der Waals surface area (Å²) in [5, 5.41) is 5.77. The number of amides is 1. The van der Waals surface area contributed by atoms with Crippen molar-refractivity contribution in [1.82, 2.24) is 5.43 Å². The minimum atomic E-state index is -0.523. The molecule has 3 aromatic carbocycles. The lowest BCUT2D eigenvalue weighted by Gasteiger charge is -2.12. The van der Waals surface area contributed by atoms with Gasteiger partial charge in [0, 0.05) is 17.8 Å². The summed E-state index contributed by atoms with van der Waals surface area (Å²) < 4.78 is 0. The summed E-state index contributed by atoms with van der Waals surface area (Å²) >= 11 is 0. The molecule has 0 unspecified atom stereocenters. The third-order valence-electron chi connectivity index (χ3n) is 4.06. The van der Waals surface area contributed by atoms with Crippen LogP contribution in [0.2, 0.25) is 0 Å². The first kappa shape index (κ1) is 18.1. The highest BCUT2D eigenvalue weighted by Crippen LogP contribution is 2.19. The lowest BCUT2D eigenvalue weighted by molar-refractivity contribution is 0.0954. The molecule has 3 aromatic rings. The lowest BCUT2D eigenvalue weighted by Crippen LogP contribution is -2.16. The molecule has 0 saturated carbocycles. The van der Waals surface area contributed by atoms with Gasteiger partial charge in [0.15, 0.2) is 0 Å². The Hall–Kier alpha value is -3.73. The lowest BCUT2D eigenvalue weighted by atomic mass is 10.0. The molecule has 5 nitrogen and oxygen atoms in total. The second kappa shape index (κ2) is 9.10. The van der Waals surface area contributed by atoms with E-state index in [0.717, 1.165) is 22.4 Å². The Labute approximate surface area is 157 Å². The molecule has 0 spiro atoms. The van der Waals surface area contributed by atoms with Crippen molar-refractivity contribution in [2.75, 3.05) is 11.9 Å². The number of benzene rings is 3. The van der Waals surface area contributed by atoms with Gasteiger partial charge in [0.1, 0.15) is 0 Å². The minimum Gasteiger partial charge on any atom is -0.381 e. The number of anilines is 1. The molecule has 134 valence electrons. The van der Waals surface area contributed by atoms with E-state index in [4.69, 9.17) is 0 Å². The number of nitrogens with one attached hydrogen (secondary N) is 2. The molecule has 0 aromatic heterocycles. The van der Waals surface area contributed by atoms with Crippen LogP contribution in [0.4, 0.5) is 5.69 Å². The predicted octanol–water partition coefficient (Wildman–Crippen LogP) is 4.75. The Morgan fingerprint density at radius 1 is 0.815 bits per heavy atom. The summed E-state index contributed by atoms with van der Waals surface area (Å²) in [6.45, 7) is 0.625. The number of nitrogens with zero attached hydrogens (tertiary/aromatic N) is 1. The number of hydrogen-bond donors (Lipinski definition) is 2. The predicted molar refractivity (Wildman–Crippen MR) is 109 cm³/mol. The SMILES string of the molecule is O=NNC(=O)c1ccc(NC/C(=C/c2ccccc2)c2ccccc2)cc1. The summed E-state index contributed by atoms with van der Waals surface area (Å²) in [5.41, 5.74) is 6.55. The molecule has 0 radical (unpaired) electrons. The fourth-order valence-corrected chi connectivity index (χ4v) is 2.68. The Bertz CT molecular complexity index is 921. The van der Waals surface area contributed by atoms with Crippen molar-refractivity contribution in [2.45, 2.75) is 0 Å². The third-order valence-corrected chi connectivity index (χ3v) is 4.06. The monoisotopic (exact) mass is 357 g/mol. The van der Waals surface area contributed by atoms with Crippen LogP contribution in [0.5, 0.6) is 0 Å². The van der Waals surface area contributed by atoms with E-state index in [-0.39, 0.29) is 0 Å². The Morgan fingerprint density at radius 3 is 2.07 bits per heavy atom. The van der Waals surface area contributed by atoms with Gasteiger partial charge in [-0.25, -0.2) is 5.43 Å². The summed E-state index contributed by atoms with van der Waals surface area (Å²) in [7, 11) is 0. The van der Waals surface area contributed by atoms with Gasteiger partial charge in [0.25, 0.3) is 5.91 Å². The van der Waals surface area contributed by atoms with Crippen LogP contribution >= 0.6 is 0 Å². The molecule has 2 N–H and O–H groups in total. The van der Waals surface area contributed by atoms with E-state index < -0.39 is 5.91 Å². The van der Waals surface area contributed by atoms with Crippen molar-refractivity contribution in [3.8, 4) is 0 Å². The summed E-state index contributed by atoms with van der Waals surface area (Å²) in [4.78, 5) is 21.7. The second-order valence-electron chi connectivity index (χ2n) is 5.91. The number of hydrogen-bond acceptors (Lipinski definition) is 4. The van der Waals surface area contributed by atoms with E-state index in [1.807, 2.05) is 41.8 Å². The van der Waals surface area contributed by atoms with Crippen LogP contribution in [-0.4, -0.2) is 12.5 Å². The van der Waals surface area contributed by atoms with Crippen molar-refractivity contribution in [3.63, 3.8) is 0 Å². The molecule has 0 aliphatic heterocycles. The highest BCUT2D eigenvalue weighted by molar-refractivity contribution is 5.94. The number of carbonyl (C=O) groups is 1.